The number of amides is 2. The first kappa shape index (κ1) is 15.8. The van der Waals surface area contributed by atoms with Crippen LogP contribution in [0.25, 0.3) is 0 Å². The number of imidazole rings is 1. The molecular formula is C16H20N4O2. The Morgan fingerprint density at radius 1 is 1.18 bits per heavy atom. The number of nitrogens with zero attached hydrogens (tertiary/aromatic N) is 2. The van der Waals surface area contributed by atoms with Gasteiger partial charge in [-0.2, -0.15) is 0 Å². The number of aryl methyl sites for hydroxylation is 3. The van der Waals surface area contributed by atoms with Gasteiger partial charge >= 0.3 is 11.8 Å². The van der Waals surface area contributed by atoms with E-state index in [1.54, 1.807) is 12.5 Å². The summed E-state index contributed by atoms with van der Waals surface area (Å²) < 4.78 is 1.92. The Morgan fingerprint density at radius 3 is 2.55 bits per heavy atom. The third-order valence-electron chi connectivity index (χ3n) is 3.36. The highest BCUT2D eigenvalue weighted by atomic mass is 16.2. The lowest BCUT2D eigenvalue weighted by Crippen LogP contribution is -2.36. The largest absolute Gasteiger partial charge is 0.348 e. The van der Waals surface area contributed by atoms with Gasteiger partial charge in [0.15, 0.2) is 0 Å². The average molecular weight is 300 g/mol. The second kappa shape index (κ2) is 7.40. The van der Waals surface area contributed by atoms with Crippen molar-refractivity contribution in [2.24, 2.45) is 0 Å². The molecule has 22 heavy (non-hydrogen) atoms. The second-order valence-corrected chi connectivity index (χ2v) is 5.13. The van der Waals surface area contributed by atoms with Crippen molar-refractivity contribution in [1.29, 1.82) is 0 Å². The molecule has 0 atom stereocenters. The SMILES string of the molecule is Cc1cccc(C)c1NC(=O)C(=O)NCCCn1ccnc1. The molecule has 1 heterocycles. The van der Waals surface area contributed by atoms with Crippen molar-refractivity contribution < 1.29 is 9.59 Å². The van der Waals surface area contributed by atoms with Gasteiger partial charge in [-0.05, 0) is 31.4 Å². The number of rotatable bonds is 5. The molecule has 2 rings (SSSR count). The van der Waals surface area contributed by atoms with E-state index >= 15 is 0 Å². The molecule has 1 aromatic heterocycles. The number of aromatic nitrogens is 2. The van der Waals surface area contributed by atoms with E-state index in [1.165, 1.54) is 0 Å². The zero-order valence-electron chi connectivity index (χ0n) is 12.8. The van der Waals surface area contributed by atoms with E-state index in [-0.39, 0.29) is 0 Å². The lowest BCUT2D eigenvalue weighted by molar-refractivity contribution is -0.136. The van der Waals surface area contributed by atoms with Gasteiger partial charge < -0.3 is 15.2 Å². The fraction of sp³-hybridized carbons (Fsp3) is 0.312. The fourth-order valence-electron chi connectivity index (χ4n) is 2.14. The average Bonchev–Trinajstić information content (AvgIpc) is 3.00. The minimum Gasteiger partial charge on any atom is -0.348 e. The van der Waals surface area contributed by atoms with Gasteiger partial charge in [0, 0.05) is 31.2 Å². The molecule has 2 amide bonds. The summed E-state index contributed by atoms with van der Waals surface area (Å²) in [4.78, 5) is 27.6. The van der Waals surface area contributed by atoms with Crippen LogP contribution in [-0.4, -0.2) is 27.9 Å². The van der Waals surface area contributed by atoms with Crippen molar-refractivity contribution >= 4 is 17.5 Å². The Morgan fingerprint density at radius 2 is 1.91 bits per heavy atom. The molecule has 6 heteroatoms. The van der Waals surface area contributed by atoms with E-state index in [4.69, 9.17) is 0 Å². The summed E-state index contributed by atoms with van der Waals surface area (Å²) in [6, 6.07) is 5.70. The maximum absolute atomic E-state index is 11.9. The van der Waals surface area contributed by atoms with Crippen LogP contribution in [0.2, 0.25) is 0 Å². The van der Waals surface area contributed by atoms with Crippen LogP contribution in [0.3, 0.4) is 0 Å². The molecule has 0 aliphatic carbocycles. The summed E-state index contributed by atoms with van der Waals surface area (Å²) in [6.45, 7) is 4.98. The van der Waals surface area contributed by atoms with Crippen LogP contribution in [0.5, 0.6) is 0 Å². The van der Waals surface area contributed by atoms with Crippen LogP contribution in [0, 0.1) is 13.8 Å². The molecule has 2 aromatic rings. The molecule has 0 saturated heterocycles. The summed E-state index contributed by atoms with van der Waals surface area (Å²) in [6.07, 6.45) is 6.01. The monoisotopic (exact) mass is 300 g/mol. The van der Waals surface area contributed by atoms with Gasteiger partial charge in [-0.25, -0.2) is 4.98 Å². The summed E-state index contributed by atoms with van der Waals surface area (Å²) in [5.74, 6) is -1.26. The normalized spacial score (nSPS) is 10.3. The van der Waals surface area contributed by atoms with Crippen LogP contribution in [0.15, 0.2) is 36.9 Å². The van der Waals surface area contributed by atoms with Crippen LogP contribution < -0.4 is 10.6 Å². The third-order valence-corrected chi connectivity index (χ3v) is 3.36. The molecule has 0 aliphatic heterocycles. The molecule has 0 fully saturated rings. The number of nitrogens with one attached hydrogen (secondary N) is 2. The highest BCUT2D eigenvalue weighted by Gasteiger charge is 2.14. The molecule has 2 N–H and O–H groups in total. The van der Waals surface area contributed by atoms with Gasteiger partial charge in [0.2, 0.25) is 0 Å². The Kier molecular flexibility index (Phi) is 5.30. The Balaban J connectivity index is 1.78. The molecule has 6 nitrogen and oxygen atoms in total. The molecule has 0 unspecified atom stereocenters. The maximum atomic E-state index is 11.9. The van der Waals surface area contributed by atoms with Crippen molar-refractivity contribution in [3.05, 3.63) is 48.0 Å². The van der Waals surface area contributed by atoms with E-state index in [9.17, 15) is 9.59 Å². The third kappa shape index (κ3) is 4.18. The zero-order chi connectivity index (χ0) is 15.9. The van der Waals surface area contributed by atoms with E-state index < -0.39 is 11.8 Å². The molecule has 0 radical (unpaired) electrons. The van der Waals surface area contributed by atoms with Crippen LogP contribution in [-0.2, 0) is 16.1 Å². The van der Waals surface area contributed by atoms with Crippen LogP contribution in [0.1, 0.15) is 17.5 Å². The minimum atomic E-state index is -0.639. The maximum Gasteiger partial charge on any atom is 0.313 e. The van der Waals surface area contributed by atoms with Crippen molar-refractivity contribution in [3.8, 4) is 0 Å². The first-order valence-corrected chi connectivity index (χ1v) is 7.19. The summed E-state index contributed by atoms with van der Waals surface area (Å²) >= 11 is 0. The van der Waals surface area contributed by atoms with Crippen molar-refractivity contribution in [3.63, 3.8) is 0 Å². The Bertz CT molecular complexity index is 630. The minimum absolute atomic E-state index is 0.442. The number of para-hydroxylation sites is 1. The predicted octanol–water partition coefficient (Wildman–Crippen LogP) is 1.64. The number of anilines is 1. The molecule has 116 valence electrons. The number of hydrogen-bond acceptors (Lipinski definition) is 3. The molecular weight excluding hydrogens is 280 g/mol. The molecule has 0 aliphatic rings. The van der Waals surface area contributed by atoms with Crippen molar-refractivity contribution in [2.75, 3.05) is 11.9 Å². The summed E-state index contributed by atoms with van der Waals surface area (Å²) in [5.41, 5.74) is 2.56. The standard InChI is InChI=1S/C16H20N4O2/c1-12-5-3-6-13(2)14(12)19-16(22)15(21)18-7-4-9-20-10-8-17-11-20/h3,5-6,8,10-11H,4,7,9H2,1-2H3,(H,18,21)(H,19,22). The summed E-state index contributed by atoms with van der Waals surface area (Å²) in [5, 5.41) is 5.29. The van der Waals surface area contributed by atoms with Gasteiger partial charge in [-0.1, -0.05) is 18.2 Å². The van der Waals surface area contributed by atoms with Crippen LogP contribution in [0.4, 0.5) is 5.69 Å². The van der Waals surface area contributed by atoms with E-state index in [1.807, 2.05) is 42.8 Å². The van der Waals surface area contributed by atoms with Gasteiger partial charge in [0.25, 0.3) is 0 Å². The first-order valence-electron chi connectivity index (χ1n) is 7.19. The number of carbonyl (C=O) groups excluding carboxylic acids is 2. The topological polar surface area (TPSA) is 76.0 Å². The number of hydrogen-bond donors (Lipinski definition) is 2. The Labute approximate surface area is 129 Å². The molecule has 0 bridgehead atoms. The fourth-order valence-corrected chi connectivity index (χ4v) is 2.14. The van der Waals surface area contributed by atoms with Gasteiger partial charge in [-0.3, -0.25) is 9.59 Å². The van der Waals surface area contributed by atoms with Gasteiger partial charge in [-0.15, -0.1) is 0 Å². The van der Waals surface area contributed by atoms with E-state index in [0.29, 0.717) is 12.2 Å². The number of benzene rings is 1. The molecule has 0 spiro atoms. The van der Waals surface area contributed by atoms with Gasteiger partial charge in [0.1, 0.15) is 0 Å². The van der Waals surface area contributed by atoms with Crippen molar-refractivity contribution in [1.82, 2.24) is 14.9 Å². The highest BCUT2D eigenvalue weighted by molar-refractivity contribution is 6.39. The first-order chi connectivity index (χ1) is 10.6. The van der Waals surface area contributed by atoms with Gasteiger partial charge in [0.05, 0.1) is 6.33 Å². The Hall–Kier alpha value is -2.63. The predicted molar refractivity (Wildman–Crippen MR) is 84.4 cm³/mol. The number of carbonyl (C=O) groups is 2. The lowest BCUT2D eigenvalue weighted by atomic mass is 10.1. The smallest absolute Gasteiger partial charge is 0.313 e. The van der Waals surface area contributed by atoms with Crippen LogP contribution >= 0.6 is 0 Å². The second-order valence-electron chi connectivity index (χ2n) is 5.13. The zero-order valence-corrected chi connectivity index (χ0v) is 12.8. The van der Waals surface area contributed by atoms with E-state index in [0.717, 1.165) is 24.1 Å². The molecule has 0 saturated carbocycles. The van der Waals surface area contributed by atoms with E-state index in [2.05, 4.69) is 15.6 Å². The lowest BCUT2D eigenvalue weighted by Gasteiger charge is -2.11. The molecule has 1 aromatic carbocycles. The van der Waals surface area contributed by atoms with Crippen molar-refractivity contribution in [2.45, 2.75) is 26.8 Å². The summed E-state index contributed by atoms with van der Waals surface area (Å²) in [7, 11) is 0. The quantitative estimate of drug-likeness (QED) is 0.651. The highest BCUT2D eigenvalue weighted by Crippen LogP contribution is 2.19.